The van der Waals surface area contributed by atoms with Crippen LogP contribution in [0.25, 0.3) is 12.7 Å². The average molecular weight is 297 g/mol. The van der Waals surface area contributed by atoms with E-state index in [0.29, 0.717) is 5.56 Å². The minimum absolute atomic E-state index is 0.287. The SMILES string of the molecule is C=c1ccc(C(=O)OCC2=CCCC=C2)cc1=CC=CNO. The van der Waals surface area contributed by atoms with Gasteiger partial charge in [0.2, 0.25) is 0 Å². The highest BCUT2D eigenvalue weighted by Crippen LogP contribution is 2.10. The van der Waals surface area contributed by atoms with E-state index in [1.807, 2.05) is 11.6 Å². The van der Waals surface area contributed by atoms with Gasteiger partial charge in [-0.1, -0.05) is 36.9 Å². The molecule has 1 aliphatic rings. The van der Waals surface area contributed by atoms with Crippen LogP contribution in [0.5, 0.6) is 0 Å². The molecule has 2 N–H and O–H groups in total. The standard InChI is InChI=1S/C18H19NO3/c1-14-9-10-17(12-16(14)8-5-11-19-21)18(20)22-13-15-6-3-2-4-7-15/h3,5-12,19,21H,1-2,4,13H2. The predicted octanol–water partition coefficient (Wildman–Crippen LogP) is 1.80. The van der Waals surface area contributed by atoms with Crippen LogP contribution < -0.4 is 15.9 Å². The number of carbonyl (C=O) groups excluding carboxylic acids is 1. The lowest BCUT2D eigenvalue weighted by Gasteiger charge is -2.08. The second-order valence-corrected chi connectivity index (χ2v) is 4.90. The largest absolute Gasteiger partial charge is 0.457 e. The van der Waals surface area contributed by atoms with Gasteiger partial charge in [0.1, 0.15) is 6.61 Å². The van der Waals surface area contributed by atoms with Crippen LogP contribution in [0.3, 0.4) is 0 Å². The molecule has 0 saturated carbocycles. The third-order valence-corrected chi connectivity index (χ3v) is 3.27. The maximum Gasteiger partial charge on any atom is 0.338 e. The molecule has 0 unspecified atom stereocenters. The van der Waals surface area contributed by atoms with Gasteiger partial charge in [-0.15, -0.1) is 0 Å². The first-order valence-corrected chi connectivity index (χ1v) is 7.09. The molecular formula is C18H19NO3. The summed E-state index contributed by atoms with van der Waals surface area (Å²) >= 11 is 0. The van der Waals surface area contributed by atoms with Crippen LogP contribution in [0.2, 0.25) is 0 Å². The van der Waals surface area contributed by atoms with E-state index in [9.17, 15) is 4.79 Å². The molecule has 0 aromatic heterocycles. The Morgan fingerprint density at radius 2 is 2.27 bits per heavy atom. The van der Waals surface area contributed by atoms with Crippen molar-refractivity contribution in [2.75, 3.05) is 6.61 Å². The Labute approximate surface area is 129 Å². The molecule has 2 rings (SSSR count). The lowest BCUT2D eigenvalue weighted by molar-refractivity contribution is 0.0542. The van der Waals surface area contributed by atoms with Crippen molar-refractivity contribution in [3.8, 4) is 0 Å². The second-order valence-electron chi connectivity index (χ2n) is 4.90. The van der Waals surface area contributed by atoms with Crippen molar-refractivity contribution in [1.82, 2.24) is 5.48 Å². The number of esters is 1. The van der Waals surface area contributed by atoms with Crippen LogP contribution in [0.1, 0.15) is 23.2 Å². The highest BCUT2D eigenvalue weighted by Gasteiger charge is 2.08. The second kappa shape index (κ2) is 8.00. The monoisotopic (exact) mass is 297 g/mol. The number of nitrogens with one attached hydrogen (secondary N) is 1. The molecule has 0 radical (unpaired) electrons. The first-order valence-electron chi connectivity index (χ1n) is 7.09. The van der Waals surface area contributed by atoms with Crippen molar-refractivity contribution in [2.24, 2.45) is 0 Å². The zero-order valence-corrected chi connectivity index (χ0v) is 12.3. The molecule has 0 amide bonds. The quantitative estimate of drug-likeness (QED) is 0.643. The fraction of sp³-hybridized carbons (Fsp3) is 0.167. The van der Waals surface area contributed by atoms with Gasteiger partial charge in [0, 0.05) is 6.20 Å². The van der Waals surface area contributed by atoms with E-state index in [4.69, 9.17) is 9.94 Å². The molecule has 0 spiro atoms. The van der Waals surface area contributed by atoms with Crippen LogP contribution in [0.4, 0.5) is 0 Å². The molecule has 0 saturated heterocycles. The highest BCUT2D eigenvalue weighted by atomic mass is 16.5. The average Bonchev–Trinajstić information content (AvgIpc) is 2.55. The number of ether oxygens (including phenoxy) is 1. The number of allylic oxidation sites excluding steroid dienone is 3. The molecule has 1 aromatic carbocycles. The maximum absolute atomic E-state index is 12.1. The van der Waals surface area contributed by atoms with Gasteiger partial charge in [0.25, 0.3) is 0 Å². The van der Waals surface area contributed by atoms with E-state index in [1.165, 1.54) is 6.20 Å². The lowest BCUT2D eigenvalue weighted by Crippen LogP contribution is -2.24. The van der Waals surface area contributed by atoms with Crippen LogP contribution in [0.15, 0.2) is 54.3 Å². The number of hydroxylamine groups is 1. The molecule has 0 aliphatic heterocycles. The Balaban J connectivity index is 2.09. The van der Waals surface area contributed by atoms with Gasteiger partial charge in [0.15, 0.2) is 0 Å². The van der Waals surface area contributed by atoms with Gasteiger partial charge < -0.3 is 4.74 Å². The molecule has 1 aromatic rings. The molecule has 4 heteroatoms. The first-order chi connectivity index (χ1) is 10.7. The normalized spacial score (nSPS) is 15.0. The van der Waals surface area contributed by atoms with Crippen LogP contribution in [0, 0.1) is 0 Å². The maximum atomic E-state index is 12.1. The summed E-state index contributed by atoms with van der Waals surface area (Å²) in [4.78, 5) is 12.1. The first kappa shape index (κ1) is 15.8. The zero-order chi connectivity index (χ0) is 15.8. The van der Waals surface area contributed by atoms with Crippen LogP contribution in [-0.4, -0.2) is 17.8 Å². The summed E-state index contributed by atoms with van der Waals surface area (Å²) in [5.74, 6) is -0.362. The van der Waals surface area contributed by atoms with Crippen molar-refractivity contribution in [3.63, 3.8) is 0 Å². The number of carbonyl (C=O) groups is 1. The third kappa shape index (κ3) is 4.46. The minimum Gasteiger partial charge on any atom is -0.457 e. The molecule has 0 atom stereocenters. The van der Waals surface area contributed by atoms with Crippen molar-refractivity contribution < 1.29 is 14.7 Å². The lowest BCUT2D eigenvalue weighted by atomic mass is 10.1. The van der Waals surface area contributed by atoms with E-state index < -0.39 is 0 Å². The van der Waals surface area contributed by atoms with E-state index in [0.717, 1.165) is 28.9 Å². The predicted molar refractivity (Wildman–Crippen MR) is 86.5 cm³/mol. The van der Waals surface area contributed by atoms with Crippen molar-refractivity contribution in [3.05, 3.63) is 70.3 Å². The molecule has 1 aliphatic carbocycles. The fourth-order valence-corrected chi connectivity index (χ4v) is 2.08. The van der Waals surface area contributed by atoms with Gasteiger partial charge >= 0.3 is 5.97 Å². The Morgan fingerprint density at radius 1 is 1.41 bits per heavy atom. The number of hydrogen-bond donors (Lipinski definition) is 2. The molecule has 0 fully saturated rings. The molecule has 114 valence electrons. The summed E-state index contributed by atoms with van der Waals surface area (Å²) in [5.41, 5.74) is 3.42. The minimum atomic E-state index is -0.362. The van der Waals surface area contributed by atoms with Gasteiger partial charge in [-0.25, -0.2) is 4.79 Å². The van der Waals surface area contributed by atoms with E-state index in [1.54, 1.807) is 30.4 Å². The highest BCUT2D eigenvalue weighted by molar-refractivity contribution is 5.89. The molecule has 22 heavy (non-hydrogen) atoms. The van der Waals surface area contributed by atoms with Crippen LogP contribution in [-0.2, 0) is 4.74 Å². The Hall–Kier alpha value is -2.59. The van der Waals surface area contributed by atoms with Crippen molar-refractivity contribution in [2.45, 2.75) is 12.8 Å². The number of rotatable bonds is 5. The summed E-state index contributed by atoms with van der Waals surface area (Å²) < 4.78 is 5.32. The zero-order valence-electron chi connectivity index (χ0n) is 12.3. The molecule has 4 nitrogen and oxygen atoms in total. The van der Waals surface area contributed by atoms with Crippen molar-refractivity contribution >= 4 is 18.6 Å². The number of benzene rings is 1. The van der Waals surface area contributed by atoms with E-state index in [-0.39, 0.29) is 12.6 Å². The van der Waals surface area contributed by atoms with Crippen LogP contribution >= 0.6 is 0 Å². The summed E-state index contributed by atoms with van der Waals surface area (Å²) in [6.45, 7) is 4.19. The summed E-state index contributed by atoms with van der Waals surface area (Å²) in [6, 6.07) is 5.18. The topological polar surface area (TPSA) is 58.6 Å². The number of hydrogen-bond acceptors (Lipinski definition) is 4. The van der Waals surface area contributed by atoms with Gasteiger partial charge in [-0.3, -0.25) is 10.7 Å². The van der Waals surface area contributed by atoms with E-state index in [2.05, 4.69) is 18.7 Å². The Kier molecular flexibility index (Phi) is 5.74. The van der Waals surface area contributed by atoms with Crippen molar-refractivity contribution in [1.29, 1.82) is 0 Å². The van der Waals surface area contributed by atoms with Gasteiger partial charge in [0.05, 0.1) is 5.56 Å². The smallest absolute Gasteiger partial charge is 0.338 e. The molecule has 0 heterocycles. The van der Waals surface area contributed by atoms with Gasteiger partial charge in [-0.2, -0.15) is 0 Å². The Morgan fingerprint density at radius 3 is 3.00 bits per heavy atom. The Bertz CT molecular complexity index is 729. The third-order valence-electron chi connectivity index (χ3n) is 3.27. The van der Waals surface area contributed by atoms with Gasteiger partial charge in [-0.05, 0) is 47.1 Å². The molecule has 0 bridgehead atoms. The fourth-order valence-electron chi connectivity index (χ4n) is 2.08. The molecular weight excluding hydrogens is 278 g/mol. The summed E-state index contributed by atoms with van der Waals surface area (Å²) in [6.07, 6.45) is 12.9. The van der Waals surface area contributed by atoms with E-state index >= 15 is 0 Å². The summed E-state index contributed by atoms with van der Waals surface area (Å²) in [7, 11) is 0. The summed E-state index contributed by atoms with van der Waals surface area (Å²) in [5, 5.41) is 10.1.